The molecule has 1 saturated heterocycles. The van der Waals surface area contributed by atoms with Crippen LogP contribution in [0.5, 0.6) is 0 Å². The third-order valence-corrected chi connectivity index (χ3v) is 6.11. The molecule has 2 bridgehead atoms. The highest BCUT2D eigenvalue weighted by atomic mass is 16.2. The minimum Gasteiger partial charge on any atom is -0.368 e. The molecule has 0 aromatic heterocycles. The summed E-state index contributed by atoms with van der Waals surface area (Å²) in [6, 6.07) is 10.4. The first-order valence-electron chi connectivity index (χ1n) is 9.35. The Morgan fingerprint density at radius 1 is 0.917 bits per heavy atom. The molecule has 2 aliphatic carbocycles. The zero-order valence-electron chi connectivity index (χ0n) is 14.2. The molecule has 1 heterocycles. The Morgan fingerprint density at radius 2 is 1.54 bits per heavy atom. The predicted molar refractivity (Wildman–Crippen MR) is 93.8 cm³/mol. The van der Waals surface area contributed by atoms with Crippen molar-refractivity contribution in [3.63, 3.8) is 0 Å². The van der Waals surface area contributed by atoms with E-state index in [-0.39, 0.29) is 17.8 Å². The van der Waals surface area contributed by atoms with Gasteiger partial charge < -0.3 is 9.80 Å². The van der Waals surface area contributed by atoms with Crippen LogP contribution in [0.1, 0.15) is 32.1 Å². The van der Waals surface area contributed by atoms with E-state index in [1.165, 1.54) is 5.69 Å². The molecule has 0 unspecified atom stereocenters. The van der Waals surface area contributed by atoms with Crippen molar-refractivity contribution in [3.8, 4) is 0 Å². The lowest BCUT2D eigenvalue weighted by molar-refractivity contribution is -0.143. The number of piperazine rings is 1. The monoisotopic (exact) mass is 326 g/mol. The number of carbonyl (C=O) groups is 2. The van der Waals surface area contributed by atoms with E-state index in [0.29, 0.717) is 11.7 Å². The van der Waals surface area contributed by atoms with Gasteiger partial charge in [-0.25, -0.2) is 0 Å². The molecule has 3 fully saturated rings. The molecular formula is C20H26N2O2. The van der Waals surface area contributed by atoms with Crippen LogP contribution in [0.2, 0.25) is 0 Å². The van der Waals surface area contributed by atoms with Gasteiger partial charge in [0.25, 0.3) is 0 Å². The average molecular weight is 326 g/mol. The zero-order valence-corrected chi connectivity index (χ0v) is 14.2. The van der Waals surface area contributed by atoms with E-state index >= 15 is 0 Å². The van der Waals surface area contributed by atoms with E-state index in [9.17, 15) is 9.59 Å². The van der Waals surface area contributed by atoms with Crippen LogP contribution in [0.3, 0.4) is 0 Å². The van der Waals surface area contributed by atoms with Crippen molar-refractivity contribution in [1.82, 2.24) is 4.90 Å². The van der Waals surface area contributed by atoms with Crippen LogP contribution in [0.4, 0.5) is 5.69 Å². The highest BCUT2D eigenvalue weighted by Crippen LogP contribution is 2.40. The number of rotatable bonds is 2. The number of anilines is 1. The zero-order chi connectivity index (χ0) is 16.5. The lowest BCUT2D eigenvalue weighted by atomic mass is 9.67. The summed E-state index contributed by atoms with van der Waals surface area (Å²) in [5.41, 5.74) is 1.24. The minimum absolute atomic E-state index is 0.0845. The smallest absolute Gasteiger partial charge is 0.225 e. The number of benzene rings is 1. The quantitative estimate of drug-likeness (QED) is 0.839. The van der Waals surface area contributed by atoms with Gasteiger partial charge in [0, 0.05) is 49.6 Å². The second-order valence-electron chi connectivity index (χ2n) is 7.54. The van der Waals surface area contributed by atoms with Crippen LogP contribution in [-0.4, -0.2) is 42.8 Å². The number of para-hydroxylation sites is 1. The van der Waals surface area contributed by atoms with Crippen LogP contribution in [0.25, 0.3) is 0 Å². The number of amides is 1. The Labute approximate surface area is 143 Å². The summed E-state index contributed by atoms with van der Waals surface area (Å²) in [7, 11) is 0. The Kier molecular flexibility index (Phi) is 4.30. The van der Waals surface area contributed by atoms with Gasteiger partial charge in [0.15, 0.2) is 0 Å². The summed E-state index contributed by atoms with van der Waals surface area (Å²) in [6.45, 7) is 3.39. The van der Waals surface area contributed by atoms with Gasteiger partial charge >= 0.3 is 0 Å². The van der Waals surface area contributed by atoms with Gasteiger partial charge in [-0.1, -0.05) is 24.6 Å². The van der Waals surface area contributed by atoms with E-state index in [4.69, 9.17) is 0 Å². The van der Waals surface area contributed by atoms with Crippen LogP contribution in [-0.2, 0) is 9.59 Å². The van der Waals surface area contributed by atoms with Crippen molar-refractivity contribution in [1.29, 1.82) is 0 Å². The predicted octanol–water partition coefficient (Wildman–Crippen LogP) is 2.73. The van der Waals surface area contributed by atoms with Crippen LogP contribution in [0, 0.1) is 17.8 Å². The minimum atomic E-state index is 0.0845. The molecule has 0 spiro atoms. The number of Topliss-reactive ketones (excluding diaryl/α,β-unsaturated/α-hetero) is 1. The number of carbonyl (C=O) groups excluding carboxylic acids is 2. The van der Waals surface area contributed by atoms with Gasteiger partial charge in [-0.15, -0.1) is 0 Å². The fraction of sp³-hybridized carbons (Fsp3) is 0.600. The largest absolute Gasteiger partial charge is 0.368 e. The molecule has 1 aliphatic heterocycles. The van der Waals surface area contributed by atoms with E-state index in [1.807, 2.05) is 11.0 Å². The Morgan fingerprint density at radius 3 is 2.17 bits per heavy atom. The molecule has 3 aliphatic rings. The first kappa shape index (κ1) is 15.7. The molecule has 0 radical (unpaired) electrons. The second-order valence-corrected chi connectivity index (χ2v) is 7.54. The molecule has 2 saturated carbocycles. The van der Waals surface area contributed by atoms with Crippen molar-refractivity contribution < 1.29 is 9.59 Å². The molecule has 1 amide bonds. The van der Waals surface area contributed by atoms with Gasteiger partial charge in [0.1, 0.15) is 5.78 Å². The lowest BCUT2D eigenvalue weighted by Gasteiger charge is -2.41. The second kappa shape index (κ2) is 6.58. The number of hydrogen-bond acceptors (Lipinski definition) is 3. The number of fused-ring (bicyclic) bond motifs is 2. The van der Waals surface area contributed by atoms with Gasteiger partial charge in [-0.3, -0.25) is 9.59 Å². The molecule has 2 atom stereocenters. The van der Waals surface area contributed by atoms with Crippen molar-refractivity contribution in [2.75, 3.05) is 31.1 Å². The lowest BCUT2D eigenvalue weighted by Crippen LogP contribution is -2.52. The number of nitrogens with zero attached hydrogens (tertiary/aromatic N) is 2. The molecule has 0 N–H and O–H groups in total. The standard InChI is InChI=1S/C20H26N2O2/c23-19-15-5-4-6-16(19)14-17(13-15)20(24)22-11-9-21(10-12-22)18-7-2-1-3-8-18/h1-3,7-8,15-17H,4-6,9-14H2/t15-,16-/m0/s1. The Hall–Kier alpha value is -1.84. The summed E-state index contributed by atoms with van der Waals surface area (Å²) in [5, 5.41) is 0. The van der Waals surface area contributed by atoms with Gasteiger partial charge in [0.2, 0.25) is 5.91 Å². The Balaban J connectivity index is 1.36. The summed E-state index contributed by atoms with van der Waals surface area (Å²) in [5.74, 6) is 1.15. The summed E-state index contributed by atoms with van der Waals surface area (Å²) >= 11 is 0. The number of ketones is 1. The fourth-order valence-electron chi connectivity index (χ4n) is 4.76. The maximum absolute atomic E-state index is 12.9. The van der Waals surface area contributed by atoms with E-state index in [2.05, 4.69) is 29.2 Å². The maximum Gasteiger partial charge on any atom is 0.225 e. The topological polar surface area (TPSA) is 40.6 Å². The van der Waals surface area contributed by atoms with Crippen molar-refractivity contribution in [2.45, 2.75) is 32.1 Å². The van der Waals surface area contributed by atoms with Gasteiger partial charge in [-0.05, 0) is 37.8 Å². The summed E-state index contributed by atoms with van der Waals surface area (Å²) in [6.07, 6.45) is 4.76. The Bertz CT molecular complexity index is 591. The molecular weight excluding hydrogens is 300 g/mol. The van der Waals surface area contributed by atoms with Crippen LogP contribution < -0.4 is 4.90 Å². The summed E-state index contributed by atoms with van der Waals surface area (Å²) in [4.78, 5) is 29.5. The van der Waals surface area contributed by atoms with Gasteiger partial charge in [0.05, 0.1) is 0 Å². The third kappa shape index (κ3) is 2.94. The first-order chi connectivity index (χ1) is 11.7. The summed E-state index contributed by atoms with van der Waals surface area (Å²) < 4.78 is 0. The van der Waals surface area contributed by atoms with E-state index in [0.717, 1.165) is 58.3 Å². The maximum atomic E-state index is 12.9. The SMILES string of the molecule is O=C1[C@H]2CCC[C@H]1CC(C(=O)N1CCN(c3ccccc3)CC1)C2. The van der Waals surface area contributed by atoms with E-state index in [1.54, 1.807) is 0 Å². The van der Waals surface area contributed by atoms with Crippen molar-refractivity contribution >= 4 is 17.4 Å². The van der Waals surface area contributed by atoms with Crippen molar-refractivity contribution in [3.05, 3.63) is 30.3 Å². The average Bonchev–Trinajstić information content (AvgIpc) is 2.62. The third-order valence-electron chi connectivity index (χ3n) is 6.11. The highest BCUT2D eigenvalue weighted by Gasteiger charge is 2.42. The normalized spacial score (nSPS) is 30.3. The number of hydrogen-bond donors (Lipinski definition) is 0. The molecule has 128 valence electrons. The molecule has 1 aromatic carbocycles. The molecule has 24 heavy (non-hydrogen) atoms. The fourth-order valence-corrected chi connectivity index (χ4v) is 4.76. The first-order valence-corrected chi connectivity index (χ1v) is 9.35. The van der Waals surface area contributed by atoms with Crippen molar-refractivity contribution in [2.24, 2.45) is 17.8 Å². The molecule has 4 heteroatoms. The molecule has 1 aromatic rings. The van der Waals surface area contributed by atoms with Crippen LogP contribution in [0.15, 0.2) is 30.3 Å². The molecule has 4 rings (SSSR count). The molecule has 4 nitrogen and oxygen atoms in total. The van der Waals surface area contributed by atoms with Gasteiger partial charge in [-0.2, -0.15) is 0 Å². The van der Waals surface area contributed by atoms with Crippen LogP contribution >= 0.6 is 0 Å². The van der Waals surface area contributed by atoms with E-state index < -0.39 is 0 Å². The highest BCUT2D eigenvalue weighted by molar-refractivity contribution is 5.88.